The minimum Gasteiger partial charge on any atom is -0.412 e. The van der Waals surface area contributed by atoms with Crippen molar-refractivity contribution in [2.45, 2.75) is 58.5 Å². The first kappa shape index (κ1) is 16.5. The van der Waals surface area contributed by atoms with E-state index in [4.69, 9.17) is 16.0 Å². The lowest BCUT2D eigenvalue weighted by Gasteiger charge is -2.38. The molecular weight excluding hydrogens is 300 g/mol. The fraction of sp³-hybridized carbons (Fsp3) is 0.562. The van der Waals surface area contributed by atoms with Crippen molar-refractivity contribution in [3.05, 3.63) is 29.4 Å². The van der Waals surface area contributed by atoms with Gasteiger partial charge in [0.05, 0.1) is 18.2 Å². The van der Waals surface area contributed by atoms with Crippen LogP contribution in [0.25, 0.3) is 10.9 Å². The lowest BCUT2D eigenvalue weighted by atomic mass is 10.2. The van der Waals surface area contributed by atoms with E-state index in [9.17, 15) is 0 Å². The maximum atomic E-state index is 6.38. The van der Waals surface area contributed by atoms with Crippen LogP contribution < -0.4 is 0 Å². The van der Waals surface area contributed by atoms with Gasteiger partial charge in [-0.25, -0.2) is 0 Å². The topological polar surface area (TPSA) is 27.1 Å². The van der Waals surface area contributed by atoms with Crippen LogP contribution in [-0.2, 0) is 11.0 Å². The molecule has 2 aromatic rings. The number of nitrogens with zero attached hydrogens (tertiary/aromatic N) is 2. The summed E-state index contributed by atoms with van der Waals surface area (Å²) in [6.45, 7) is 14.2. The van der Waals surface area contributed by atoms with Gasteiger partial charge in [0, 0.05) is 16.6 Å². The van der Waals surface area contributed by atoms with Crippen molar-refractivity contribution < 1.29 is 4.43 Å². The van der Waals surface area contributed by atoms with Crippen molar-refractivity contribution in [3.63, 3.8) is 0 Å². The summed E-state index contributed by atoms with van der Waals surface area (Å²) in [6, 6.07) is 5.79. The molecule has 0 bridgehead atoms. The molecule has 1 unspecified atom stereocenters. The second-order valence-electron chi connectivity index (χ2n) is 7.24. The predicted molar refractivity (Wildman–Crippen MR) is 92.5 cm³/mol. The van der Waals surface area contributed by atoms with Crippen molar-refractivity contribution in [3.8, 4) is 0 Å². The Labute approximate surface area is 133 Å². The van der Waals surface area contributed by atoms with Crippen LogP contribution in [-0.4, -0.2) is 24.2 Å². The van der Waals surface area contributed by atoms with Crippen LogP contribution in [0.2, 0.25) is 23.2 Å². The Morgan fingerprint density at radius 2 is 2.00 bits per heavy atom. The average Bonchev–Trinajstić information content (AvgIpc) is 2.67. The maximum Gasteiger partial charge on any atom is 0.192 e. The fourth-order valence-electron chi connectivity index (χ4n) is 2.11. The molecule has 1 heterocycles. The molecule has 0 amide bonds. The monoisotopic (exact) mass is 324 g/mol. The summed E-state index contributed by atoms with van der Waals surface area (Å²) in [4.78, 5) is 0. The summed E-state index contributed by atoms with van der Waals surface area (Å²) in [5, 5.41) is 6.63. The molecule has 0 fully saturated rings. The molecule has 0 aliphatic carbocycles. The van der Waals surface area contributed by atoms with Crippen LogP contribution in [0.15, 0.2) is 24.4 Å². The number of fused-ring (bicyclic) bond motifs is 1. The maximum absolute atomic E-state index is 6.38. The molecule has 2 rings (SSSR count). The third kappa shape index (κ3) is 3.87. The van der Waals surface area contributed by atoms with E-state index < -0.39 is 8.32 Å². The van der Waals surface area contributed by atoms with Crippen LogP contribution in [0.4, 0.5) is 0 Å². The van der Waals surface area contributed by atoms with Crippen LogP contribution in [0.3, 0.4) is 0 Å². The molecule has 21 heavy (non-hydrogen) atoms. The quantitative estimate of drug-likeness (QED) is 0.731. The molecular formula is C16H25ClN2OSi. The van der Waals surface area contributed by atoms with Gasteiger partial charge in [-0.3, -0.25) is 4.68 Å². The van der Waals surface area contributed by atoms with Gasteiger partial charge in [-0.05, 0) is 43.3 Å². The molecule has 1 atom stereocenters. The molecule has 0 radical (unpaired) electrons. The number of benzene rings is 1. The van der Waals surface area contributed by atoms with Gasteiger partial charge in [-0.2, -0.15) is 5.10 Å². The van der Waals surface area contributed by atoms with E-state index in [2.05, 4.69) is 52.1 Å². The van der Waals surface area contributed by atoms with Crippen molar-refractivity contribution >= 4 is 30.8 Å². The van der Waals surface area contributed by atoms with Gasteiger partial charge in [0.1, 0.15) is 0 Å². The number of halogens is 1. The smallest absolute Gasteiger partial charge is 0.192 e. The largest absolute Gasteiger partial charge is 0.412 e. The Balaban J connectivity index is 2.09. The molecule has 5 heteroatoms. The molecule has 0 saturated carbocycles. The minimum absolute atomic E-state index is 0.149. The van der Waals surface area contributed by atoms with E-state index >= 15 is 0 Å². The van der Waals surface area contributed by atoms with E-state index in [1.54, 1.807) is 0 Å². The van der Waals surface area contributed by atoms with Gasteiger partial charge >= 0.3 is 0 Å². The second-order valence-corrected chi connectivity index (χ2v) is 12.4. The molecule has 116 valence electrons. The van der Waals surface area contributed by atoms with Gasteiger partial charge in [0.15, 0.2) is 8.32 Å². The standard InChI is InChI=1S/C16H25ClN2OSi/c1-12(20-21(5,6)16(2,3)4)10-19-11-13-7-8-14(17)9-15(13)18-19/h7-9,11-12H,10H2,1-6H3. The second kappa shape index (κ2) is 5.74. The molecule has 1 aromatic heterocycles. The van der Waals surface area contributed by atoms with Gasteiger partial charge in [0.2, 0.25) is 0 Å². The van der Waals surface area contributed by atoms with Crippen molar-refractivity contribution in [2.75, 3.05) is 0 Å². The zero-order valence-electron chi connectivity index (χ0n) is 13.8. The number of rotatable bonds is 4. The van der Waals surface area contributed by atoms with E-state index in [1.807, 2.05) is 22.9 Å². The van der Waals surface area contributed by atoms with E-state index in [0.717, 1.165) is 22.5 Å². The van der Waals surface area contributed by atoms with Crippen LogP contribution in [0.5, 0.6) is 0 Å². The Hall–Kier alpha value is -0.843. The Morgan fingerprint density at radius 1 is 1.33 bits per heavy atom. The highest BCUT2D eigenvalue weighted by Gasteiger charge is 2.38. The highest BCUT2D eigenvalue weighted by atomic mass is 35.5. The lowest BCUT2D eigenvalue weighted by molar-refractivity contribution is 0.174. The van der Waals surface area contributed by atoms with E-state index in [-0.39, 0.29) is 11.1 Å². The van der Waals surface area contributed by atoms with Crippen molar-refractivity contribution in [2.24, 2.45) is 0 Å². The van der Waals surface area contributed by atoms with Gasteiger partial charge in [0.25, 0.3) is 0 Å². The van der Waals surface area contributed by atoms with Gasteiger partial charge in [-0.15, -0.1) is 0 Å². The third-order valence-electron chi connectivity index (χ3n) is 4.26. The molecule has 0 saturated heterocycles. The van der Waals surface area contributed by atoms with Crippen LogP contribution in [0, 0.1) is 0 Å². The first-order chi connectivity index (χ1) is 9.58. The zero-order chi connectivity index (χ0) is 15.8. The molecule has 0 aliphatic heterocycles. The number of aromatic nitrogens is 2. The molecule has 1 aromatic carbocycles. The molecule has 3 nitrogen and oxygen atoms in total. The van der Waals surface area contributed by atoms with E-state index in [1.165, 1.54) is 0 Å². The summed E-state index contributed by atoms with van der Waals surface area (Å²) >= 11 is 6.00. The normalized spacial score (nSPS) is 14.6. The zero-order valence-corrected chi connectivity index (χ0v) is 15.5. The summed E-state index contributed by atoms with van der Waals surface area (Å²) < 4.78 is 8.34. The Morgan fingerprint density at radius 3 is 2.62 bits per heavy atom. The number of hydrogen-bond donors (Lipinski definition) is 0. The van der Waals surface area contributed by atoms with Gasteiger partial charge in [-0.1, -0.05) is 32.4 Å². The Kier molecular flexibility index (Phi) is 4.52. The first-order valence-electron chi connectivity index (χ1n) is 7.39. The van der Waals surface area contributed by atoms with Crippen molar-refractivity contribution in [1.29, 1.82) is 0 Å². The van der Waals surface area contributed by atoms with Crippen LogP contribution >= 0.6 is 11.6 Å². The number of hydrogen-bond acceptors (Lipinski definition) is 2. The fourth-order valence-corrected chi connectivity index (χ4v) is 3.71. The highest BCUT2D eigenvalue weighted by molar-refractivity contribution is 6.74. The molecule has 0 N–H and O–H groups in total. The average molecular weight is 325 g/mol. The SMILES string of the molecule is CC(Cn1cc2ccc(Cl)cc2n1)O[Si](C)(C)C(C)(C)C. The van der Waals surface area contributed by atoms with Crippen molar-refractivity contribution in [1.82, 2.24) is 9.78 Å². The molecule has 0 spiro atoms. The van der Waals surface area contributed by atoms with Gasteiger partial charge < -0.3 is 4.43 Å². The predicted octanol–water partition coefficient (Wildman–Crippen LogP) is 5.10. The molecule has 0 aliphatic rings. The third-order valence-corrected chi connectivity index (χ3v) is 9.10. The van der Waals surface area contributed by atoms with E-state index in [0.29, 0.717) is 0 Å². The van der Waals surface area contributed by atoms with Crippen LogP contribution in [0.1, 0.15) is 27.7 Å². The minimum atomic E-state index is -1.73. The summed E-state index contributed by atoms with van der Waals surface area (Å²) in [5.74, 6) is 0. The Bertz CT molecular complexity index is 631. The summed E-state index contributed by atoms with van der Waals surface area (Å²) in [6.07, 6.45) is 2.20. The first-order valence-corrected chi connectivity index (χ1v) is 10.7. The summed E-state index contributed by atoms with van der Waals surface area (Å²) in [7, 11) is -1.73. The highest BCUT2D eigenvalue weighted by Crippen LogP contribution is 2.37. The lowest BCUT2D eigenvalue weighted by Crippen LogP contribution is -2.44. The summed E-state index contributed by atoms with van der Waals surface area (Å²) in [5.41, 5.74) is 0.932.